The molecule has 0 saturated carbocycles. The molecule has 0 spiro atoms. The van der Waals surface area contributed by atoms with Crippen LogP contribution in [-0.2, 0) is 9.59 Å². The number of carboxylic acid groups (broad SMARTS) is 1. The maximum Gasteiger partial charge on any atom is 0.341 e. The van der Waals surface area contributed by atoms with Crippen molar-refractivity contribution in [3.05, 3.63) is 78.9 Å². The third kappa shape index (κ3) is 5.63. The Bertz CT molecular complexity index is 1050. The number of anilines is 3. The van der Waals surface area contributed by atoms with Crippen molar-refractivity contribution in [1.29, 1.82) is 0 Å². The lowest BCUT2D eigenvalue weighted by Gasteiger charge is -2.32. The van der Waals surface area contributed by atoms with Gasteiger partial charge >= 0.3 is 5.97 Å². The number of fused-ring (bicyclic) bond motifs is 1. The van der Waals surface area contributed by atoms with E-state index in [-0.39, 0.29) is 12.3 Å². The number of carbonyl (C=O) groups excluding carboxylic acids is 1. The highest BCUT2D eigenvalue weighted by molar-refractivity contribution is 5.86. The number of rotatable bonds is 10. The summed E-state index contributed by atoms with van der Waals surface area (Å²) in [7, 11) is 0. The molecule has 0 unspecified atom stereocenters. The second-order valence-electron chi connectivity index (χ2n) is 7.67. The maximum atomic E-state index is 13.0. The number of carboxylic acids is 1. The molecule has 1 N–H and O–H groups in total. The van der Waals surface area contributed by atoms with Crippen LogP contribution in [0.15, 0.2) is 78.9 Å². The van der Waals surface area contributed by atoms with Gasteiger partial charge < -0.3 is 24.4 Å². The molecule has 3 aromatic rings. The molecule has 1 aliphatic heterocycles. The fourth-order valence-corrected chi connectivity index (χ4v) is 3.82. The fourth-order valence-electron chi connectivity index (χ4n) is 3.82. The average molecular weight is 447 g/mol. The van der Waals surface area contributed by atoms with Gasteiger partial charge in [-0.15, -0.1) is 0 Å². The largest absolute Gasteiger partial charge is 0.486 e. The van der Waals surface area contributed by atoms with Crippen LogP contribution in [0.5, 0.6) is 11.5 Å². The fraction of sp³-hybridized carbons (Fsp3) is 0.231. The van der Waals surface area contributed by atoms with E-state index in [0.717, 1.165) is 17.1 Å². The molecule has 4 rings (SSSR count). The Kier molecular flexibility index (Phi) is 7.09. The van der Waals surface area contributed by atoms with Gasteiger partial charge in [-0.25, -0.2) is 4.79 Å². The van der Waals surface area contributed by atoms with Crippen molar-refractivity contribution in [3.63, 3.8) is 0 Å². The number of hydrogen-bond donors (Lipinski definition) is 1. The first-order valence-corrected chi connectivity index (χ1v) is 10.9. The minimum atomic E-state index is -1.05. The third-order valence-corrected chi connectivity index (χ3v) is 5.39. The number of aliphatic carboxylic acids is 1. The van der Waals surface area contributed by atoms with Crippen LogP contribution in [-0.4, -0.2) is 49.7 Å². The highest BCUT2D eigenvalue weighted by Gasteiger charge is 2.23. The van der Waals surface area contributed by atoms with Gasteiger partial charge in [-0.3, -0.25) is 4.79 Å². The average Bonchev–Trinajstić information content (AvgIpc) is 2.85. The van der Waals surface area contributed by atoms with Crippen molar-refractivity contribution in [2.24, 2.45) is 0 Å². The minimum absolute atomic E-state index is 0.119. The number of nitrogens with zero attached hydrogens (tertiary/aromatic N) is 2. The smallest absolute Gasteiger partial charge is 0.341 e. The van der Waals surface area contributed by atoms with E-state index in [1.165, 1.54) is 0 Å². The van der Waals surface area contributed by atoms with Crippen molar-refractivity contribution >= 4 is 28.8 Å². The molecule has 1 heterocycles. The van der Waals surface area contributed by atoms with E-state index in [0.29, 0.717) is 37.6 Å². The van der Waals surface area contributed by atoms with Gasteiger partial charge in [-0.05, 0) is 36.4 Å². The Labute approximate surface area is 192 Å². The first-order valence-electron chi connectivity index (χ1n) is 10.9. The minimum Gasteiger partial charge on any atom is -0.486 e. The zero-order valence-electron chi connectivity index (χ0n) is 18.2. The van der Waals surface area contributed by atoms with Crippen LogP contribution < -0.4 is 19.3 Å². The summed E-state index contributed by atoms with van der Waals surface area (Å²) < 4.78 is 11.1. The Hall–Kier alpha value is -4.00. The summed E-state index contributed by atoms with van der Waals surface area (Å²) in [6.45, 7) is 1.45. The van der Waals surface area contributed by atoms with E-state index in [1.54, 1.807) is 12.1 Å². The van der Waals surface area contributed by atoms with Gasteiger partial charge in [0.2, 0.25) is 0 Å². The van der Waals surface area contributed by atoms with E-state index in [9.17, 15) is 9.59 Å². The molecule has 0 saturated heterocycles. The molecule has 0 aliphatic carbocycles. The number of benzene rings is 3. The molecule has 33 heavy (non-hydrogen) atoms. The van der Waals surface area contributed by atoms with Gasteiger partial charge in [0.15, 0.2) is 23.9 Å². The van der Waals surface area contributed by atoms with E-state index in [4.69, 9.17) is 14.6 Å². The van der Waals surface area contributed by atoms with Crippen molar-refractivity contribution in [2.45, 2.75) is 6.42 Å². The lowest BCUT2D eigenvalue weighted by Crippen LogP contribution is -2.36. The quantitative estimate of drug-likeness (QED) is 0.501. The molecule has 0 radical (unpaired) electrons. The standard InChI is InChI=1S/C26H26N2O5/c29-22(18-28(20-8-3-1-4-9-20)21-10-5-2-6-11-21)14-15-27-16-17-32-26-23(27)12-7-13-24(26)33-19-25(30)31/h1-13H,14-19H2,(H,30,31). The number of ketones is 1. The lowest BCUT2D eigenvalue weighted by molar-refractivity contribution is -0.139. The molecular formula is C26H26N2O5. The predicted molar refractivity (Wildman–Crippen MR) is 127 cm³/mol. The van der Waals surface area contributed by atoms with Gasteiger partial charge in [-0.1, -0.05) is 42.5 Å². The molecular weight excluding hydrogens is 420 g/mol. The lowest BCUT2D eigenvalue weighted by atomic mass is 10.1. The number of Topliss-reactive ketones (excluding diaryl/α,β-unsaturated/α-hetero) is 1. The number of para-hydroxylation sites is 3. The summed E-state index contributed by atoms with van der Waals surface area (Å²) in [5.74, 6) is -0.0146. The molecule has 0 atom stereocenters. The third-order valence-electron chi connectivity index (χ3n) is 5.39. The van der Waals surface area contributed by atoms with Crippen molar-refractivity contribution in [3.8, 4) is 11.5 Å². The molecule has 170 valence electrons. The van der Waals surface area contributed by atoms with Gasteiger partial charge in [0.25, 0.3) is 0 Å². The Morgan fingerprint density at radius 1 is 0.939 bits per heavy atom. The van der Waals surface area contributed by atoms with Crippen LogP contribution in [0.25, 0.3) is 0 Å². The molecule has 0 aromatic heterocycles. The summed E-state index contributed by atoms with van der Waals surface area (Å²) in [6, 6.07) is 25.1. The summed E-state index contributed by atoms with van der Waals surface area (Å²) >= 11 is 0. The molecule has 0 amide bonds. The number of ether oxygens (including phenoxy) is 2. The number of carbonyl (C=O) groups is 2. The van der Waals surface area contributed by atoms with E-state index >= 15 is 0 Å². The van der Waals surface area contributed by atoms with Crippen LogP contribution in [0.3, 0.4) is 0 Å². The second-order valence-corrected chi connectivity index (χ2v) is 7.67. The highest BCUT2D eigenvalue weighted by atomic mass is 16.5. The van der Waals surface area contributed by atoms with Crippen molar-refractivity contribution in [1.82, 2.24) is 0 Å². The first-order chi connectivity index (χ1) is 16.1. The zero-order valence-corrected chi connectivity index (χ0v) is 18.2. The molecule has 3 aromatic carbocycles. The number of hydrogen-bond acceptors (Lipinski definition) is 6. The first kappa shape index (κ1) is 22.2. The second kappa shape index (κ2) is 10.5. The maximum absolute atomic E-state index is 13.0. The van der Waals surface area contributed by atoms with Crippen molar-refractivity contribution in [2.75, 3.05) is 42.6 Å². The molecule has 0 bridgehead atoms. The summed E-state index contributed by atoms with van der Waals surface area (Å²) in [5.41, 5.74) is 2.74. The normalized spacial score (nSPS) is 12.4. The topological polar surface area (TPSA) is 79.3 Å². The predicted octanol–water partition coefficient (Wildman–Crippen LogP) is 4.15. The Morgan fingerprint density at radius 2 is 1.61 bits per heavy atom. The summed E-state index contributed by atoms with van der Waals surface area (Å²) in [4.78, 5) is 28.0. The van der Waals surface area contributed by atoms with Crippen LogP contribution in [0.1, 0.15) is 6.42 Å². The summed E-state index contributed by atoms with van der Waals surface area (Å²) in [6.07, 6.45) is 0.371. The van der Waals surface area contributed by atoms with Gasteiger partial charge in [0, 0.05) is 24.3 Å². The van der Waals surface area contributed by atoms with E-state index in [2.05, 4.69) is 4.90 Å². The Balaban J connectivity index is 1.44. The highest BCUT2D eigenvalue weighted by Crippen LogP contribution is 2.40. The van der Waals surface area contributed by atoms with Crippen LogP contribution in [0, 0.1) is 0 Å². The SMILES string of the molecule is O=C(O)COc1cccc2c1OCCN2CCC(=O)CN(c1ccccc1)c1ccccc1. The van der Waals surface area contributed by atoms with Crippen LogP contribution >= 0.6 is 0 Å². The van der Waals surface area contributed by atoms with Gasteiger partial charge in [-0.2, -0.15) is 0 Å². The molecule has 1 aliphatic rings. The monoisotopic (exact) mass is 446 g/mol. The summed E-state index contributed by atoms with van der Waals surface area (Å²) in [5, 5.41) is 8.90. The Morgan fingerprint density at radius 3 is 2.24 bits per heavy atom. The van der Waals surface area contributed by atoms with Gasteiger partial charge in [0.05, 0.1) is 18.8 Å². The van der Waals surface area contributed by atoms with Gasteiger partial charge in [0.1, 0.15) is 6.61 Å². The van der Waals surface area contributed by atoms with Crippen LogP contribution in [0.2, 0.25) is 0 Å². The zero-order chi connectivity index (χ0) is 23.0. The van der Waals surface area contributed by atoms with Crippen molar-refractivity contribution < 1.29 is 24.2 Å². The van der Waals surface area contributed by atoms with E-state index in [1.807, 2.05) is 71.6 Å². The van der Waals surface area contributed by atoms with Crippen LogP contribution in [0.4, 0.5) is 17.1 Å². The molecule has 7 nitrogen and oxygen atoms in total. The van der Waals surface area contributed by atoms with E-state index < -0.39 is 12.6 Å². The molecule has 0 fully saturated rings. The molecule has 7 heteroatoms.